The Morgan fingerprint density at radius 3 is 2.53 bits per heavy atom. The standard InChI is InChI=1S/C29H41N5O2/c1-3-23-10-12-27(13-11-23)31-29(36)34-16-5-9-26(22-34)24-7-4-8-25(21-24)28(35)30-14-6-15-33-19-17-32(2)18-20-33/h4,7-8,10-13,21,26H,3,5-6,9,14-20,22H2,1-2H3,(H,30,35)(H,31,36)/t26-/m1/s1. The first-order valence-corrected chi connectivity index (χ1v) is 13.5. The molecule has 0 aliphatic carbocycles. The summed E-state index contributed by atoms with van der Waals surface area (Å²) in [4.78, 5) is 32.4. The highest BCUT2D eigenvalue weighted by molar-refractivity contribution is 5.94. The summed E-state index contributed by atoms with van der Waals surface area (Å²) in [6.07, 6.45) is 3.92. The van der Waals surface area contributed by atoms with Gasteiger partial charge in [-0.25, -0.2) is 4.79 Å². The molecule has 2 aromatic rings. The van der Waals surface area contributed by atoms with Crippen molar-refractivity contribution < 1.29 is 9.59 Å². The average molecular weight is 492 g/mol. The summed E-state index contributed by atoms with van der Waals surface area (Å²) >= 11 is 0. The number of hydrogen-bond donors (Lipinski definition) is 2. The van der Waals surface area contributed by atoms with Crippen LogP contribution in [-0.2, 0) is 6.42 Å². The van der Waals surface area contributed by atoms with Crippen LogP contribution in [0, 0.1) is 0 Å². The van der Waals surface area contributed by atoms with E-state index in [4.69, 9.17) is 0 Å². The van der Waals surface area contributed by atoms with Gasteiger partial charge in [-0.05, 0) is 74.7 Å². The van der Waals surface area contributed by atoms with Gasteiger partial charge in [-0.1, -0.05) is 31.2 Å². The second-order valence-electron chi connectivity index (χ2n) is 10.1. The minimum atomic E-state index is -0.0572. The highest BCUT2D eigenvalue weighted by Gasteiger charge is 2.25. The molecule has 0 bridgehead atoms. The fourth-order valence-corrected chi connectivity index (χ4v) is 5.07. The van der Waals surface area contributed by atoms with Gasteiger partial charge in [0.1, 0.15) is 0 Å². The van der Waals surface area contributed by atoms with Crippen LogP contribution in [0.15, 0.2) is 48.5 Å². The minimum absolute atomic E-state index is 0.0174. The van der Waals surface area contributed by atoms with Crippen molar-refractivity contribution in [3.63, 3.8) is 0 Å². The molecule has 2 saturated heterocycles. The highest BCUT2D eigenvalue weighted by atomic mass is 16.2. The fourth-order valence-electron chi connectivity index (χ4n) is 5.07. The lowest BCUT2D eigenvalue weighted by molar-refractivity contribution is 0.0949. The molecule has 0 unspecified atom stereocenters. The summed E-state index contributed by atoms with van der Waals surface area (Å²) in [5, 5.41) is 6.13. The average Bonchev–Trinajstić information content (AvgIpc) is 2.92. The molecule has 2 aliphatic heterocycles. The van der Waals surface area contributed by atoms with Gasteiger partial charge in [0, 0.05) is 63.0 Å². The Balaban J connectivity index is 1.26. The quantitative estimate of drug-likeness (QED) is 0.547. The van der Waals surface area contributed by atoms with Gasteiger partial charge in [-0.3, -0.25) is 4.79 Å². The molecule has 2 aliphatic rings. The van der Waals surface area contributed by atoms with Gasteiger partial charge in [0.05, 0.1) is 0 Å². The summed E-state index contributed by atoms with van der Waals surface area (Å²) in [5.41, 5.74) is 3.91. The van der Waals surface area contributed by atoms with Crippen LogP contribution in [0.1, 0.15) is 53.6 Å². The van der Waals surface area contributed by atoms with E-state index in [0.29, 0.717) is 18.7 Å². The molecule has 0 saturated carbocycles. The Labute approximate surface area is 215 Å². The highest BCUT2D eigenvalue weighted by Crippen LogP contribution is 2.28. The number of carbonyl (C=O) groups is 2. The molecular weight excluding hydrogens is 450 g/mol. The number of carbonyl (C=O) groups excluding carboxylic acids is 2. The Morgan fingerprint density at radius 1 is 1.00 bits per heavy atom. The van der Waals surface area contributed by atoms with Crippen molar-refractivity contribution in [2.24, 2.45) is 0 Å². The number of piperidine rings is 1. The predicted molar refractivity (Wildman–Crippen MR) is 146 cm³/mol. The molecule has 2 aromatic carbocycles. The Hall–Kier alpha value is -2.90. The van der Waals surface area contributed by atoms with Gasteiger partial charge in [-0.2, -0.15) is 0 Å². The van der Waals surface area contributed by atoms with Crippen molar-refractivity contribution in [2.75, 3.05) is 64.7 Å². The number of anilines is 1. The monoisotopic (exact) mass is 491 g/mol. The van der Waals surface area contributed by atoms with Crippen molar-refractivity contribution in [1.82, 2.24) is 20.0 Å². The number of likely N-dealkylation sites (N-methyl/N-ethyl adjacent to an activating group) is 1. The second-order valence-corrected chi connectivity index (χ2v) is 10.1. The van der Waals surface area contributed by atoms with E-state index in [2.05, 4.69) is 52.6 Å². The number of piperazine rings is 1. The van der Waals surface area contributed by atoms with E-state index in [1.165, 1.54) is 5.56 Å². The summed E-state index contributed by atoms with van der Waals surface area (Å²) in [5.74, 6) is 0.216. The van der Waals surface area contributed by atoms with E-state index in [1.54, 1.807) is 0 Å². The van der Waals surface area contributed by atoms with Gasteiger partial charge in [-0.15, -0.1) is 0 Å². The second kappa shape index (κ2) is 12.9. The molecule has 7 nitrogen and oxygen atoms in total. The Morgan fingerprint density at radius 2 is 1.78 bits per heavy atom. The number of aryl methyl sites for hydroxylation is 1. The Bertz CT molecular complexity index is 1000. The third kappa shape index (κ3) is 7.31. The van der Waals surface area contributed by atoms with E-state index in [1.807, 2.05) is 35.2 Å². The lowest BCUT2D eigenvalue weighted by Crippen LogP contribution is -2.45. The van der Waals surface area contributed by atoms with Crippen molar-refractivity contribution in [3.05, 3.63) is 65.2 Å². The van der Waals surface area contributed by atoms with Crippen LogP contribution in [0.3, 0.4) is 0 Å². The first kappa shape index (κ1) is 26.2. The molecule has 4 rings (SSSR count). The summed E-state index contributed by atoms with van der Waals surface area (Å²) in [6.45, 7) is 9.69. The number of benzene rings is 2. The first-order valence-electron chi connectivity index (χ1n) is 13.5. The van der Waals surface area contributed by atoms with Crippen LogP contribution in [0.4, 0.5) is 10.5 Å². The fraction of sp³-hybridized carbons (Fsp3) is 0.517. The van der Waals surface area contributed by atoms with E-state index in [0.717, 1.165) is 76.2 Å². The minimum Gasteiger partial charge on any atom is -0.352 e. The lowest BCUT2D eigenvalue weighted by atomic mass is 9.89. The lowest BCUT2D eigenvalue weighted by Gasteiger charge is -2.33. The first-order chi connectivity index (χ1) is 17.5. The van der Waals surface area contributed by atoms with Crippen LogP contribution >= 0.6 is 0 Å². The molecule has 2 fully saturated rings. The molecular formula is C29H41N5O2. The molecule has 36 heavy (non-hydrogen) atoms. The van der Waals surface area contributed by atoms with Gasteiger partial charge >= 0.3 is 6.03 Å². The summed E-state index contributed by atoms with van der Waals surface area (Å²) in [7, 11) is 2.16. The van der Waals surface area contributed by atoms with Crippen LogP contribution in [-0.4, -0.2) is 86.0 Å². The third-order valence-corrected chi connectivity index (χ3v) is 7.47. The topological polar surface area (TPSA) is 67.9 Å². The van der Waals surface area contributed by atoms with Gasteiger partial charge in [0.2, 0.25) is 0 Å². The molecule has 194 valence electrons. The third-order valence-electron chi connectivity index (χ3n) is 7.47. The normalized spacial score (nSPS) is 19.2. The number of amides is 3. The smallest absolute Gasteiger partial charge is 0.321 e. The number of rotatable bonds is 8. The predicted octanol–water partition coefficient (Wildman–Crippen LogP) is 4.03. The van der Waals surface area contributed by atoms with Crippen LogP contribution in [0.2, 0.25) is 0 Å². The van der Waals surface area contributed by atoms with Crippen molar-refractivity contribution in [3.8, 4) is 0 Å². The molecule has 2 heterocycles. The van der Waals surface area contributed by atoms with Crippen LogP contribution in [0.5, 0.6) is 0 Å². The molecule has 3 amide bonds. The zero-order chi connectivity index (χ0) is 25.3. The van der Waals surface area contributed by atoms with Crippen molar-refractivity contribution in [2.45, 2.75) is 38.5 Å². The van der Waals surface area contributed by atoms with Crippen molar-refractivity contribution >= 4 is 17.6 Å². The van der Waals surface area contributed by atoms with Crippen LogP contribution in [0.25, 0.3) is 0 Å². The van der Waals surface area contributed by atoms with Gasteiger partial charge in [0.25, 0.3) is 5.91 Å². The number of hydrogen-bond acceptors (Lipinski definition) is 4. The molecule has 0 radical (unpaired) electrons. The molecule has 0 spiro atoms. The summed E-state index contributed by atoms with van der Waals surface area (Å²) in [6, 6.07) is 15.9. The van der Waals surface area contributed by atoms with Crippen LogP contribution < -0.4 is 10.6 Å². The molecule has 1 atom stereocenters. The molecule has 7 heteroatoms. The zero-order valence-electron chi connectivity index (χ0n) is 21.8. The van der Waals surface area contributed by atoms with Crippen molar-refractivity contribution in [1.29, 1.82) is 0 Å². The number of urea groups is 1. The van der Waals surface area contributed by atoms with E-state index >= 15 is 0 Å². The summed E-state index contributed by atoms with van der Waals surface area (Å²) < 4.78 is 0. The van der Waals surface area contributed by atoms with Gasteiger partial charge < -0.3 is 25.3 Å². The number of likely N-dealkylation sites (tertiary alicyclic amines) is 1. The van der Waals surface area contributed by atoms with E-state index in [9.17, 15) is 9.59 Å². The maximum Gasteiger partial charge on any atom is 0.321 e. The molecule has 0 aromatic heterocycles. The molecule has 2 N–H and O–H groups in total. The zero-order valence-corrected chi connectivity index (χ0v) is 21.8. The number of nitrogens with zero attached hydrogens (tertiary/aromatic N) is 3. The van der Waals surface area contributed by atoms with E-state index < -0.39 is 0 Å². The SMILES string of the molecule is CCc1ccc(NC(=O)N2CCC[C@@H](c3cccc(C(=O)NCCCN4CCN(C)CC4)c3)C2)cc1. The maximum atomic E-state index is 12.9. The maximum absolute atomic E-state index is 12.9. The van der Waals surface area contributed by atoms with Gasteiger partial charge in [0.15, 0.2) is 0 Å². The van der Waals surface area contributed by atoms with E-state index in [-0.39, 0.29) is 17.9 Å². The number of nitrogens with one attached hydrogen (secondary N) is 2. The Kier molecular flexibility index (Phi) is 9.36. The largest absolute Gasteiger partial charge is 0.352 e.